The highest BCUT2D eigenvalue weighted by Gasteiger charge is 2.42. The summed E-state index contributed by atoms with van der Waals surface area (Å²) in [6.07, 6.45) is 6.10. The van der Waals surface area contributed by atoms with E-state index in [1.807, 2.05) is 6.07 Å². The summed E-state index contributed by atoms with van der Waals surface area (Å²) in [5.74, 6) is 1.05. The van der Waals surface area contributed by atoms with E-state index in [0.29, 0.717) is 6.61 Å². The zero-order valence-electron chi connectivity index (χ0n) is 8.74. The van der Waals surface area contributed by atoms with Gasteiger partial charge in [-0.2, -0.15) is 0 Å². The maximum atomic E-state index is 9.78. The SMILES string of the molecule is OC1CCOC2(CCCc3occc32)C1. The van der Waals surface area contributed by atoms with Crippen LogP contribution in [0.3, 0.4) is 0 Å². The van der Waals surface area contributed by atoms with Gasteiger partial charge in [0, 0.05) is 18.4 Å². The van der Waals surface area contributed by atoms with Crippen LogP contribution in [-0.4, -0.2) is 17.8 Å². The highest BCUT2D eigenvalue weighted by molar-refractivity contribution is 5.28. The average Bonchev–Trinajstić information content (AvgIpc) is 2.67. The van der Waals surface area contributed by atoms with Gasteiger partial charge >= 0.3 is 0 Å². The largest absolute Gasteiger partial charge is 0.469 e. The molecule has 3 heteroatoms. The third-order valence-electron chi connectivity index (χ3n) is 3.62. The molecule has 0 radical (unpaired) electrons. The van der Waals surface area contributed by atoms with Crippen molar-refractivity contribution in [1.82, 2.24) is 0 Å². The van der Waals surface area contributed by atoms with E-state index in [-0.39, 0.29) is 11.7 Å². The van der Waals surface area contributed by atoms with Crippen molar-refractivity contribution >= 4 is 0 Å². The predicted molar refractivity (Wildman–Crippen MR) is 54.5 cm³/mol. The maximum Gasteiger partial charge on any atom is 0.109 e. The number of furan rings is 1. The molecule has 0 bridgehead atoms. The number of hydrogen-bond acceptors (Lipinski definition) is 3. The molecule has 1 aromatic rings. The summed E-state index contributed by atoms with van der Waals surface area (Å²) in [6, 6.07) is 2.01. The fourth-order valence-electron chi connectivity index (χ4n) is 2.90. The third kappa shape index (κ3) is 1.42. The molecule has 1 aromatic heterocycles. The highest BCUT2D eigenvalue weighted by atomic mass is 16.5. The molecule has 2 atom stereocenters. The van der Waals surface area contributed by atoms with Crippen molar-refractivity contribution < 1.29 is 14.3 Å². The summed E-state index contributed by atoms with van der Waals surface area (Å²) >= 11 is 0. The molecular formula is C12H16O3. The lowest BCUT2D eigenvalue weighted by molar-refractivity contribution is -0.132. The second kappa shape index (κ2) is 3.35. The predicted octanol–water partition coefficient (Wildman–Crippen LogP) is 1.98. The number of hydrogen-bond donors (Lipinski definition) is 1. The summed E-state index contributed by atoms with van der Waals surface area (Å²) in [5.41, 5.74) is 0.922. The quantitative estimate of drug-likeness (QED) is 0.709. The minimum Gasteiger partial charge on any atom is -0.469 e. The Kier molecular flexibility index (Phi) is 2.11. The Labute approximate surface area is 89.0 Å². The molecule has 1 saturated heterocycles. The highest BCUT2D eigenvalue weighted by Crippen LogP contribution is 2.44. The topological polar surface area (TPSA) is 42.6 Å². The molecule has 1 aliphatic carbocycles. The van der Waals surface area contributed by atoms with E-state index in [1.165, 1.54) is 5.56 Å². The van der Waals surface area contributed by atoms with Crippen LogP contribution >= 0.6 is 0 Å². The van der Waals surface area contributed by atoms with E-state index in [0.717, 1.165) is 37.9 Å². The van der Waals surface area contributed by atoms with Crippen LogP contribution < -0.4 is 0 Å². The molecule has 1 spiro atoms. The molecule has 0 amide bonds. The molecule has 0 saturated carbocycles. The van der Waals surface area contributed by atoms with Crippen LogP contribution in [0.25, 0.3) is 0 Å². The van der Waals surface area contributed by atoms with Crippen molar-refractivity contribution in [3.05, 3.63) is 23.7 Å². The van der Waals surface area contributed by atoms with Crippen molar-refractivity contribution in [3.8, 4) is 0 Å². The first kappa shape index (κ1) is 9.43. The average molecular weight is 208 g/mol. The van der Waals surface area contributed by atoms with Gasteiger partial charge in [-0.25, -0.2) is 0 Å². The fourth-order valence-corrected chi connectivity index (χ4v) is 2.90. The van der Waals surface area contributed by atoms with Gasteiger partial charge in [-0.3, -0.25) is 0 Å². The summed E-state index contributed by atoms with van der Waals surface area (Å²) in [5, 5.41) is 9.78. The van der Waals surface area contributed by atoms with Crippen molar-refractivity contribution in [3.63, 3.8) is 0 Å². The molecule has 2 heterocycles. The number of aliphatic hydroxyl groups excluding tert-OH is 1. The molecule has 2 aliphatic rings. The normalized spacial score (nSPS) is 35.4. The van der Waals surface area contributed by atoms with Crippen LogP contribution in [0.5, 0.6) is 0 Å². The van der Waals surface area contributed by atoms with Crippen LogP contribution in [0.1, 0.15) is 37.0 Å². The molecule has 15 heavy (non-hydrogen) atoms. The number of fused-ring (bicyclic) bond motifs is 2. The van der Waals surface area contributed by atoms with Gasteiger partial charge < -0.3 is 14.3 Å². The van der Waals surface area contributed by atoms with Gasteiger partial charge in [-0.1, -0.05) is 0 Å². The van der Waals surface area contributed by atoms with E-state index in [4.69, 9.17) is 9.15 Å². The molecular weight excluding hydrogens is 192 g/mol. The van der Waals surface area contributed by atoms with Crippen LogP contribution in [-0.2, 0) is 16.8 Å². The second-order valence-corrected chi connectivity index (χ2v) is 4.60. The van der Waals surface area contributed by atoms with Gasteiger partial charge in [0.2, 0.25) is 0 Å². The van der Waals surface area contributed by atoms with Gasteiger partial charge in [-0.05, 0) is 25.3 Å². The third-order valence-corrected chi connectivity index (χ3v) is 3.62. The molecule has 2 unspecified atom stereocenters. The van der Waals surface area contributed by atoms with Crippen LogP contribution in [0.2, 0.25) is 0 Å². The maximum absolute atomic E-state index is 9.78. The molecule has 3 nitrogen and oxygen atoms in total. The van der Waals surface area contributed by atoms with Gasteiger partial charge in [0.15, 0.2) is 0 Å². The number of ether oxygens (including phenoxy) is 1. The Morgan fingerprint density at radius 2 is 2.40 bits per heavy atom. The van der Waals surface area contributed by atoms with Crippen molar-refractivity contribution in [2.24, 2.45) is 0 Å². The Morgan fingerprint density at radius 1 is 1.47 bits per heavy atom. The molecule has 1 aliphatic heterocycles. The minimum absolute atomic E-state index is 0.223. The zero-order valence-corrected chi connectivity index (χ0v) is 8.74. The van der Waals surface area contributed by atoms with E-state index in [2.05, 4.69) is 0 Å². The van der Waals surface area contributed by atoms with Gasteiger partial charge in [-0.15, -0.1) is 0 Å². The second-order valence-electron chi connectivity index (χ2n) is 4.60. The molecule has 3 rings (SSSR count). The van der Waals surface area contributed by atoms with Crippen LogP contribution in [0.4, 0.5) is 0 Å². The lowest BCUT2D eigenvalue weighted by atomic mass is 9.77. The lowest BCUT2D eigenvalue weighted by Crippen LogP contribution is -2.41. The van der Waals surface area contributed by atoms with Crippen molar-refractivity contribution in [2.75, 3.05) is 6.61 Å². The smallest absolute Gasteiger partial charge is 0.109 e. The summed E-state index contributed by atoms with van der Waals surface area (Å²) < 4.78 is 11.4. The summed E-state index contributed by atoms with van der Waals surface area (Å²) in [6.45, 7) is 0.659. The molecule has 0 aromatic carbocycles. The Balaban J connectivity index is 1.99. The number of aryl methyl sites for hydroxylation is 1. The van der Waals surface area contributed by atoms with E-state index in [1.54, 1.807) is 6.26 Å². The van der Waals surface area contributed by atoms with Gasteiger partial charge in [0.25, 0.3) is 0 Å². The van der Waals surface area contributed by atoms with Crippen LogP contribution in [0.15, 0.2) is 16.7 Å². The molecule has 1 fully saturated rings. The molecule has 82 valence electrons. The first-order valence-electron chi connectivity index (χ1n) is 5.69. The minimum atomic E-state index is -0.252. The van der Waals surface area contributed by atoms with Crippen LogP contribution in [0, 0.1) is 0 Å². The number of aliphatic hydroxyl groups is 1. The summed E-state index contributed by atoms with van der Waals surface area (Å²) in [7, 11) is 0. The first-order chi connectivity index (χ1) is 7.30. The van der Waals surface area contributed by atoms with Gasteiger partial charge in [0.05, 0.1) is 24.6 Å². The van der Waals surface area contributed by atoms with Crippen molar-refractivity contribution in [1.29, 1.82) is 0 Å². The zero-order chi connectivity index (χ0) is 10.3. The van der Waals surface area contributed by atoms with E-state index in [9.17, 15) is 5.11 Å². The molecule has 1 N–H and O–H groups in total. The number of rotatable bonds is 0. The van der Waals surface area contributed by atoms with Gasteiger partial charge in [0.1, 0.15) is 5.76 Å². The van der Waals surface area contributed by atoms with E-state index < -0.39 is 0 Å². The Bertz CT molecular complexity index is 358. The lowest BCUT2D eigenvalue weighted by Gasteiger charge is -2.41. The first-order valence-corrected chi connectivity index (χ1v) is 5.69. The van der Waals surface area contributed by atoms with E-state index >= 15 is 0 Å². The Hall–Kier alpha value is -0.800. The monoisotopic (exact) mass is 208 g/mol. The Morgan fingerprint density at radius 3 is 3.27 bits per heavy atom. The summed E-state index contributed by atoms with van der Waals surface area (Å²) in [4.78, 5) is 0. The standard InChI is InChI=1S/C12H16O3/c13-9-3-7-15-12(8-9)5-1-2-11-10(12)4-6-14-11/h4,6,9,13H,1-3,5,7-8H2. The van der Waals surface area contributed by atoms with Crippen molar-refractivity contribution in [2.45, 2.75) is 43.8 Å². The fraction of sp³-hybridized carbons (Fsp3) is 0.667.